The maximum absolute atomic E-state index is 11.1. The fraction of sp³-hybridized carbons (Fsp3) is 0.750. The van der Waals surface area contributed by atoms with Crippen molar-refractivity contribution in [2.24, 2.45) is 0 Å². The summed E-state index contributed by atoms with van der Waals surface area (Å²) in [4.78, 5) is 23.4. The van der Waals surface area contributed by atoms with Gasteiger partial charge < -0.3 is 15.0 Å². The molecule has 0 aromatic rings. The van der Waals surface area contributed by atoms with E-state index in [-0.39, 0.29) is 12.6 Å². The lowest BCUT2D eigenvalue weighted by Crippen LogP contribution is -2.40. The van der Waals surface area contributed by atoms with Crippen LogP contribution in [0.1, 0.15) is 13.8 Å². The number of urea groups is 1. The van der Waals surface area contributed by atoms with Crippen molar-refractivity contribution in [3.8, 4) is 0 Å². The summed E-state index contributed by atoms with van der Waals surface area (Å²) in [6.45, 7) is 4.44. The molecule has 5 heteroatoms. The molecule has 0 bridgehead atoms. The zero-order valence-corrected chi connectivity index (χ0v) is 8.29. The van der Waals surface area contributed by atoms with Gasteiger partial charge in [0.1, 0.15) is 6.54 Å². The van der Waals surface area contributed by atoms with Gasteiger partial charge in [0.25, 0.3) is 0 Å². The van der Waals surface area contributed by atoms with Gasteiger partial charge in [0, 0.05) is 13.6 Å². The Morgan fingerprint density at radius 3 is 2.46 bits per heavy atom. The summed E-state index contributed by atoms with van der Waals surface area (Å²) in [6.07, 6.45) is 0. The van der Waals surface area contributed by atoms with E-state index in [1.54, 1.807) is 14.0 Å². The molecule has 0 aliphatic heterocycles. The summed E-state index contributed by atoms with van der Waals surface area (Å²) >= 11 is 0. The van der Waals surface area contributed by atoms with Gasteiger partial charge in [-0.1, -0.05) is 0 Å². The summed E-state index contributed by atoms with van der Waals surface area (Å²) in [5, 5.41) is 2.43. The third-order valence-electron chi connectivity index (χ3n) is 1.51. The van der Waals surface area contributed by atoms with Crippen LogP contribution in [0, 0.1) is 0 Å². The summed E-state index contributed by atoms with van der Waals surface area (Å²) < 4.78 is 4.63. The molecule has 0 unspecified atom stereocenters. The Kier molecular flexibility index (Phi) is 5.67. The van der Waals surface area contributed by atoms with Crippen molar-refractivity contribution in [1.29, 1.82) is 0 Å². The number of rotatable bonds is 4. The van der Waals surface area contributed by atoms with Gasteiger partial charge in [-0.25, -0.2) is 4.79 Å². The molecular formula is C8H16N2O3. The van der Waals surface area contributed by atoms with E-state index < -0.39 is 5.97 Å². The molecule has 76 valence electrons. The van der Waals surface area contributed by atoms with Crippen molar-refractivity contribution in [3.05, 3.63) is 0 Å². The number of nitrogens with zero attached hydrogens (tertiary/aromatic N) is 1. The summed E-state index contributed by atoms with van der Waals surface area (Å²) in [6, 6.07) is -0.268. The molecule has 0 fully saturated rings. The number of amides is 2. The fourth-order valence-corrected chi connectivity index (χ4v) is 0.638. The standard InChI is InChI=1S/C8H16N2O3/c1-4-10(3)8(12)9-6-7(11)13-5-2/h4-6H2,1-3H3,(H,9,12). The largest absolute Gasteiger partial charge is 0.465 e. The molecule has 0 heterocycles. The Morgan fingerprint density at radius 2 is 2.00 bits per heavy atom. The predicted octanol–water partition coefficient (Wildman–Crippen LogP) is 0.211. The van der Waals surface area contributed by atoms with Crippen LogP contribution in [-0.4, -0.2) is 43.6 Å². The summed E-state index contributed by atoms with van der Waals surface area (Å²) in [5.41, 5.74) is 0. The quantitative estimate of drug-likeness (QED) is 0.642. The lowest BCUT2D eigenvalue weighted by Gasteiger charge is -2.14. The first-order chi connectivity index (χ1) is 6.11. The Bertz CT molecular complexity index is 182. The second kappa shape index (κ2) is 6.28. The van der Waals surface area contributed by atoms with Crippen molar-refractivity contribution in [2.75, 3.05) is 26.7 Å². The van der Waals surface area contributed by atoms with Crippen molar-refractivity contribution >= 4 is 12.0 Å². The topological polar surface area (TPSA) is 58.6 Å². The van der Waals surface area contributed by atoms with Crippen molar-refractivity contribution in [3.63, 3.8) is 0 Å². The highest BCUT2D eigenvalue weighted by Gasteiger charge is 2.07. The normalized spacial score (nSPS) is 9.15. The van der Waals surface area contributed by atoms with E-state index in [0.29, 0.717) is 13.2 Å². The maximum Gasteiger partial charge on any atom is 0.325 e. The molecule has 0 aliphatic rings. The van der Waals surface area contributed by atoms with Gasteiger partial charge in [0.2, 0.25) is 0 Å². The maximum atomic E-state index is 11.1. The zero-order valence-electron chi connectivity index (χ0n) is 8.29. The van der Waals surface area contributed by atoms with Crippen LogP contribution in [-0.2, 0) is 9.53 Å². The first-order valence-corrected chi connectivity index (χ1v) is 4.26. The molecule has 13 heavy (non-hydrogen) atoms. The fourth-order valence-electron chi connectivity index (χ4n) is 0.638. The first kappa shape index (κ1) is 11.7. The number of hydrogen-bond donors (Lipinski definition) is 1. The number of esters is 1. The molecular weight excluding hydrogens is 172 g/mol. The van der Waals surface area contributed by atoms with Crippen LogP contribution in [0.4, 0.5) is 4.79 Å². The molecule has 0 spiro atoms. The van der Waals surface area contributed by atoms with Gasteiger partial charge in [-0.3, -0.25) is 4.79 Å². The van der Waals surface area contributed by atoms with Crippen LogP contribution in [0.25, 0.3) is 0 Å². The highest BCUT2D eigenvalue weighted by molar-refractivity contribution is 5.80. The molecule has 0 saturated heterocycles. The van der Waals surface area contributed by atoms with Gasteiger partial charge in [0.05, 0.1) is 6.61 Å². The lowest BCUT2D eigenvalue weighted by molar-refractivity contribution is -0.141. The average Bonchev–Trinajstić information content (AvgIpc) is 2.13. The van der Waals surface area contributed by atoms with Crippen LogP contribution < -0.4 is 5.32 Å². The molecule has 1 N–H and O–H groups in total. The average molecular weight is 188 g/mol. The highest BCUT2D eigenvalue weighted by atomic mass is 16.5. The molecule has 5 nitrogen and oxygen atoms in total. The smallest absolute Gasteiger partial charge is 0.325 e. The number of ether oxygens (including phenoxy) is 1. The number of carbonyl (C=O) groups excluding carboxylic acids is 2. The van der Waals surface area contributed by atoms with Crippen LogP contribution in [0.3, 0.4) is 0 Å². The summed E-state index contributed by atoms with van der Waals surface area (Å²) in [7, 11) is 1.65. The highest BCUT2D eigenvalue weighted by Crippen LogP contribution is 1.82. The van der Waals surface area contributed by atoms with Crippen LogP contribution in [0.5, 0.6) is 0 Å². The third-order valence-corrected chi connectivity index (χ3v) is 1.51. The molecule has 0 atom stereocenters. The number of nitrogens with one attached hydrogen (secondary N) is 1. The lowest BCUT2D eigenvalue weighted by atomic mass is 10.6. The first-order valence-electron chi connectivity index (χ1n) is 4.26. The molecule has 0 aromatic carbocycles. The van der Waals surface area contributed by atoms with E-state index in [4.69, 9.17) is 0 Å². The second-order valence-corrected chi connectivity index (χ2v) is 2.48. The van der Waals surface area contributed by atoms with E-state index in [1.165, 1.54) is 4.90 Å². The van der Waals surface area contributed by atoms with Crippen molar-refractivity contribution in [2.45, 2.75) is 13.8 Å². The molecule has 0 rings (SSSR count). The predicted molar refractivity (Wildman–Crippen MR) is 48.3 cm³/mol. The molecule has 0 saturated carbocycles. The number of hydrogen-bond acceptors (Lipinski definition) is 3. The van der Waals surface area contributed by atoms with Crippen molar-refractivity contribution < 1.29 is 14.3 Å². The van der Waals surface area contributed by atoms with Crippen LogP contribution in [0.15, 0.2) is 0 Å². The Morgan fingerprint density at radius 1 is 1.38 bits per heavy atom. The van der Waals surface area contributed by atoms with E-state index in [0.717, 1.165) is 0 Å². The van der Waals surface area contributed by atoms with E-state index in [9.17, 15) is 9.59 Å². The SMILES string of the molecule is CCOC(=O)CNC(=O)N(C)CC. The van der Waals surface area contributed by atoms with Gasteiger partial charge in [-0.15, -0.1) is 0 Å². The molecule has 0 aromatic heterocycles. The minimum atomic E-state index is -0.416. The Balaban J connectivity index is 3.63. The van der Waals surface area contributed by atoms with E-state index in [1.807, 2.05) is 6.92 Å². The Labute approximate surface area is 78.0 Å². The molecule has 0 aliphatic carbocycles. The van der Waals surface area contributed by atoms with Gasteiger partial charge in [-0.2, -0.15) is 0 Å². The third kappa shape index (κ3) is 5.05. The Hall–Kier alpha value is -1.26. The monoisotopic (exact) mass is 188 g/mol. The van der Waals surface area contributed by atoms with Crippen LogP contribution in [0.2, 0.25) is 0 Å². The molecule has 2 amide bonds. The van der Waals surface area contributed by atoms with Crippen LogP contribution >= 0.6 is 0 Å². The zero-order chi connectivity index (χ0) is 10.3. The number of carbonyl (C=O) groups is 2. The van der Waals surface area contributed by atoms with Gasteiger partial charge >= 0.3 is 12.0 Å². The van der Waals surface area contributed by atoms with E-state index in [2.05, 4.69) is 10.1 Å². The summed E-state index contributed by atoms with van der Waals surface area (Å²) in [5.74, 6) is -0.416. The minimum Gasteiger partial charge on any atom is -0.465 e. The minimum absolute atomic E-state index is 0.0724. The van der Waals surface area contributed by atoms with Gasteiger partial charge in [0.15, 0.2) is 0 Å². The van der Waals surface area contributed by atoms with E-state index >= 15 is 0 Å². The van der Waals surface area contributed by atoms with Gasteiger partial charge in [-0.05, 0) is 13.8 Å². The second-order valence-electron chi connectivity index (χ2n) is 2.48. The van der Waals surface area contributed by atoms with Crippen molar-refractivity contribution in [1.82, 2.24) is 10.2 Å². The molecule has 0 radical (unpaired) electrons.